The topological polar surface area (TPSA) is 76.1 Å². The molecule has 0 aliphatic carbocycles. The summed E-state index contributed by atoms with van der Waals surface area (Å²) in [7, 11) is 3.89. The molecule has 33 heavy (non-hydrogen) atoms. The summed E-state index contributed by atoms with van der Waals surface area (Å²) in [5, 5.41) is 9.35. The van der Waals surface area contributed by atoms with E-state index >= 15 is 0 Å². The fourth-order valence-corrected chi connectivity index (χ4v) is 3.05. The van der Waals surface area contributed by atoms with Crippen LogP contribution in [0.2, 0.25) is 0 Å². The van der Waals surface area contributed by atoms with Gasteiger partial charge in [0.2, 0.25) is 0 Å². The highest BCUT2D eigenvalue weighted by molar-refractivity contribution is 5.70. The SMILES string of the molecule is CC/C=C\C/C=C\C/C=C\CCCCCCCC(=O)OC(CO)COC(=O)CCCN(C)C. The monoisotopic (exact) mass is 465 g/mol. The molecule has 0 saturated heterocycles. The maximum Gasteiger partial charge on any atom is 0.306 e. The molecule has 0 fully saturated rings. The van der Waals surface area contributed by atoms with Crippen LogP contribution in [0.4, 0.5) is 0 Å². The first-order valence-electron chi connectivity index (χ1n) is 12.5. The molecule has 1 N–H and O–H groups in total. The fraction of sp³-hybridized carbons (Fsp3) is 0.704. The minimum Gasteiger partial charge on any atom is -0.462 e. The summed E-state index contributed by atoms with van der Waals surface area (Å²) >= 11 is 0. The first-order valence-corrected chi connectivity index (χ1v) is 12.5. The standard InChI is InChI=1S/C27H47NO5/c1-4-5-6-7-8-9-10-11-12-13-14-15-16-17-18-20-27(31)33-25(23-29)24-32-26(30)21-19-22-28(2)3/h5-6,8-9,11-12,25,29H,4,7,10,13-24H2,1-3H3/b6-5-,9-8-,12-11-. The molecule has 6 heteroatoms. The number of rotatable bonds is 21. The molecule has 0 aromatic carbocycles. The Morgan fingerprint density at radius 2 is 1.42 bits per heavy atom. The Labute approximate surface area is 201 Å². The summed E-state index contributed by atoms with van der Waals surface area (Å²) in [6.45, 7) is 2.50. The van der Waals surface area contributed by atoms with Crippen molar-refractivity contribution in [2.75, 3.05) is 33.9 Å². The quantitative estimate of drug-likeness (QED) is 0.140. The predicted molar refractivity (Wildman–Crippen MR) is 135 cm³/mol. The number of aliphatic hydroxyl groups is 1. The van der Waals surface area contributed by atoms with Crippen LogP contribution in [0.3, 0.4) is 0 Å². The van der Waals surface area contributed by atoms with Gasteiger partial charge in [-0.3, -0.25) is 9.59 Å². The number of unbranched alkanes of at least 4 members (excludes halogenated alkanes) is 5. The second-order valence-electron chi connectivity index (χ2n) is 8.48. The summed E-state index contributed by atoms with van der Waals surface area (Å²) in [5.41, 5.74) is 0. The molecule has 0 aromatic heterocycles. The lowest BCUT2D eigenvalue weighted by Crippen LogP contribution is -2.28. The van der Waals surface area contributed by atoms with Crippen LogP contribution in [-0.2, 0) is 19.1 Å². The zero-order chi connectivity index (χ0) is 24.6. The van der Waals surface area contributed by atoms with Crippen molar-refractivity contribution in [3.63, 3.8) is 0 Å². The van der Waals surface area contributed by atoms with E-state index in [2.05, 4.69) is 43.4 Å². The van der Waals surface area contributed by atoms with Crippen molar-refractivity contribution >= 4 is 11.9 Å². The lowest BCUT2D eigenvalue weighted by Gasteiger charge is -2.16. The van der Waals surface area contributed by atoms with Crippen LogP contribution < -0.4 is 0 Å². The zero-order valence-corrected chi connectivity index (χ0v) is 21.2. The van der Waals surface area contributed by atoms with Gasteiger partial charge in [0.15, 0.2) is 6.10 Å². The third-order valence-corrected chi connectivity index (χ3v) is 4.95. The molecule has 190 valence electrons. The molecule has 0 radical (unpaired) electrons. The number of carbonyl (C=O) groups excluding carboxylic acids is 2. The first kappa shape index (κ1) is 31.1. The van der Waals surface area contributed by atoms with Crippen LogP contribution in [0.15, 0.2) is 36.5 Å². The predicted octanol–water partition coefficient (Wildman–Crippen LogP) is 5.37. The molecule has 0 aromatic rings. The van der Waals surface area contributed by atoms with Gasteiger partial charge >= 0.3 is 11.9 Å². The number of allylic oxidation sites excluding steroid dienone is 6. The number of aliphatic hydroxyl groups excluding tert-OH is 1. The smallest absolute Gasteiger partial charge is 0.306 e. The van der Waals surface area contributed by atoms with Gasteiger partial charge in [-0.1, -0.05) is 62.6 Å². The lowest BCUT2D eigenvalue weighted by atomic mass is 10.1. The van der Waals surface area contributed by atoms with Gasteiger partial charge in [0.25, 0.3) is 0 Å². The van der Waals surface area contributed by atoms with E-state index in [4.69, 9.17) is 9.47 Å². The van der Waals surface area contributed by atoms with Crippen LogP contribution in [0.1, 0.15) is 84.0 Å². The van der Waals surface area contributed by atoms with Crippen LogP contribution in [-0.4, -0.2) is 61.9 Å². The Morgan fingerprint density at radius 1 is 0.818 bits per heavy atom. The van der Waals surface area contributed by atoms with E-state index in [-0.39, 0.29) is 25.2 Å². The molecule has 1 atom stereocenters. The van der Waals surface area contributed by atoms with E-state index in [0.29, 0.717) is 19.3 Å². The molecule has 0 aliphatic heterocycles. The van der Waals surface area contributed by atoms with Gasteiger partial charge in [-0.25, -0.2) is 0 Å². The molecule has 0 rings (SSSR count). The molecule has 0 amide bonds. The van der Waals surface area contributed by atoms with Gasteiger partial charge in [-0.2, -0.15) is 0 Å². The van der Waals surface area contributed by atoms with E-state index < -0.39 is 6.10 Å². The number of nitrogens with zero attached hydrogens (tertiary/aromatic N) is 1. The second-order valence-corrected chi connectivity index (χ2v) is 8.48. The highest BCUT2D eigenvalue weighted by Crippen LogP contribution is 2.09. The fourth-order valence-electron chi connectivity index (χ4n) is 3.05. The van der Waals surface area contributed by atoms with Gasteiger partial charge in [0, 0.05) is 12.8 Å². The number of carbonyl (C=O) groups is 2. The lowest BCUT2D eigenvalue weighted by molar-refractivity contribution is -0.161. The first-order chi connectivity index (χ1) is 16.0. The van der Waals surface area contributed by atoms with E-state index in [9.17, 15) is 14.7 Å². The van der Waals surface area contributed by atoms with Crippen molar-refractivity contribution in [3.05, 3.63) is 36.5 Å². The van der Waals surface area contributed by atoms with Crippen LogP contribution in [0.5, 0.6) is 0 Å². The Morgan fingerprint density at radius 3 is 2.09 bits per heavy atom. The molecule has 0 aliphatic rings. The van der Waals surface area contributed by atoms with Crippen LogP contribution in [0, 0.1) is 0 Å². The second kappa shape index (κ2) is 23.2. The summed E-state index contributed by atoms with van der Waals surface area (Å²) in [4.78, 5) is 25.6. The Balaban J connectivity index is 3.66. The summed E-state index contributed by atoms with van der Waals surface area (Å²) in [6.07, 6.45) is 23.2. The maximum absolute atomic E-state index is 11.9. The molecule has 1 unspecified atom stereocenters. The molecule has 0 heterocycles. The highest BCUT2D eigenvalue weighted by Gasteiger charge is 2.16. The van der Waals surface area contributed by atoms with Crippen molar-refractivity contribution in [3.8, 4) is 0 Å². The third-order valence-electron chi connectivity index (χ3n) is 4.95. The molecule has 0 bridgehead atoms. The van der Waals surface area contributed by atoms with Crippen LogP contribution >= 0.6 is 0 Å². The largest absolute Gasteiger partial charge is 0.462 e. The Kier molecular flexibility index (Phi) is 21.9. The van der Waals surface area contributed by atoms with E-state index in [0.717, 1.165) is 64.3 Å². The van der Waals surface area contributed by atoms with E-state index in [1.165, 1.54) is 0 Å². The Hall–Kier alpha value is -1.92. The van der Waals surface area contributed by atoms with Crippen molar-refractivity contribution in [1.82, 2.24) is 4.90 Å². The third kappa shape index (κ3) is 23.0. The average Bonchev–Trinajstić information content (AvgIpc) is 2.78. The van der Waals surface area contributed by atoms with E-state index in [1.807, 2.05) is 19.0 Å². The summed E-state index contributed by atoms with van der Waals surface area (Å²) in [6, 6.07) is 0. The van der Waals surface area contributed by atoms with Gasteiger partial charge in [0.05, 0.1) is 6.61 Å². The van der Waals surface area contributed by atoms with E-state index in [1.54, 1.807) is 0 Å². The van der Waals surface area contributed by atoms with Gasteiger partial charge in [-0.15, -0.1) is 0 Å². The summed E-state index contributed by atoms with van der Waals surface area (Å²) in [5.74, 6) is -0.684. The highest BCUT2D eigenvalue weighted by atomic mass is 16.6. The minimum absolute atomic E-state index is 0.0950. The maximum atomic E-state index is 11.9. The van der Waals surface area contributed by atoms with Gasteiger partial charge in [0.1, 0.15) is 6.61 Å². The molecule has 0 saturated carbocycles. The normalized spacial score (nSPS) is 12.9. The summed E-state index contributed by atoms with van der Waals surface area (Å²) < 4.78 is 10.3. The number of hydrogen-bond donors (Lipinski definition) is 1. The molecule has 0 spiro atoms. The van der Waals surface area contributed by atoms with Crippen molar-refractivity contribution < 1.29 is 24.2 Å². The average molecular weight is 466 g/mol. The van der Waals surface area contributed by atoms with Crippen LogP contribution in [0.25, 0.3) is 0 Å². The van der Waals surface area contributed by atoms with Crippen molar-refractivity contribution in [2.24, 2.45) is 0 Å². The number of ether oxygens (including phenoxy) is 2. The van der Waals surface area contributed by atoms with Crippen molar-refractivity contribution in [2.45, 2.75) is 90.1 Å². The van der Waals surface area contributed by atoms with Gasteiger partial charge < -0.3 is 19.5 Å². The number of hydrogen-bond acceptors (Lipinski definition) is 6. The van der Waals surface area contributed by atoms with Crippen molar-refractivity contribution in [1.29, 1.82) is 0 Å². The van der Waals surface area contributed by atoms with Gasteiger partial charge in [-0.05, 0) is 65.6 Å². The number of esters is 2. The Bertz CT molecular complexity index is 569. The zero-order valence-electron chi connectivity index (χ0n) is 21.2. The molecular formula is C27H47NO5. The molecule has 6 nitrogen and oxygen atoms in total. The minimum atomic E-state index is -0.787. The molecular weight excluding hydrogens is 418 g/mol.